The van der Waals surface area contributed by atoms with E-state index < -0.39 is 0 Å². The summed E-state index contributed by atoms with van der Waals surface area (Å²) in [5.74, 6) is 0.0866. The monoisotopic (exact) mass is 300 g/mol. The minimum absolute atomic E-state index is 0.0866. The van der Waals surface area contributed by atoms with Gasteiger partial charge in [0.25, 0.3) is 5.91 Å². The Labute approximate surface area is 129 Å². The number of anilines is 1. The van der Waals surface area contributed by atoms with Gasteiger partial charge in [0, 0.05) is 22.7 Å². The zero-order valence-corrected chi connectivity index (χ0v) is 13.5. The number of carbonyl (C=O) groups is 1. The average Bonchev–Trinajstić information content (AvgIpc) is 2.92. The van der Waals surface area contributed by atoms with Gasteiger partial charge in [-0.1, -0.05) is 6.07 Å². The van der Waals surface area contributed by atoms with Gasteiger partial charge in [-0.3, -0.25) is 4.79 Å². The summed E-state index contributed by atoms with van der Waals surface area (Å²) in [6.45, 7) is 6.83. The lowest BCUT2D eigenvalue weighted by Gasteiger charge is -2.34. The predicted molar refractivity (Wildman–Crippen MR) is 87.8 cm³/mol. The van der Waals surface area contributed by atoms with Gasteiger partial charge in [-0.25, -0.2) is 0 Å². The maximum Gasteiger partial charge on any atom is 0.254 e. The van der Waals surface area contributed by atoms with Crippen LogP contribution in [-0.4, -0.2) is 17.4 Å². The van der Waals surface area contributed by atoms with E-state index in [2.05, 4.69) is 18.4 Å². The number of thiophene rings is 1. The molecule has 0 spiro atoms. The molecule has 0 radical (unpaired) electrons. The van der Waals surface area contributed by atoms with Gasteiger partial charge in [-0.15, -0.1) is 11.3 Å². The van der Waals surface area contributed by atoms with Gasteiger partial charge in [-0.05, 0) is 61.4 Å². The van der Waals surface area contributed by atoms with Crippen LogP contribution in [0.15, 0.2) is 23.6 Å². The quantitative estimate of drug-likeness (QED) is 0.816. The molecule has 1 unspecified atom stereocenters. The molecule has 0 fully saturated rings. The first-order valence-electron chi connectivity index (χ1n) is 7.23. The lowest BCUT2D eigenvalue weighted by molar-refractivity contribution is 0.0678. The molecule has 1 amide bonds. The SMILES string of the molecule is Cc1cc(C)c(C(=O)N2CCc3sccc3C2C)cc1N. The lowest BCUT2D eigenvalue weighted by atomic mass is 9.98. The number of hydrogen-bond acceptors (Lipinski definition) is 3. The molecule has 3 rings (SSSR count). The Kier molecular flexibility index (Phi) is 3.49. The zero-order valence-electron chi connectivity index (χ0n) is 12.6. The van der Waals surface area contributed by atoms with Crippen molar-refractivity contribution in [3.8, 4) is 0 Å². The highest BCUT2D eigenvalue weighted by Gasteiger charge is 2.29. The minimum Gasteiger partial charge on any atom is -0.398 e. The maximum atomic E-state index is 12.9. The van der Waals surface area contributed by atoms with Crippen LogP contribution < -0.4 is 5.73 Å². The first kappa shape index (κ1) is 14.1. The molecular weight excluding hydrogens is 280 g/mol. The molecule has 2 heterocycles. The maximum absolute atomic E-state index is 12.9. The number of rotatable bonds is 1. The molecule has 2 aromatic rings. The summed E-state index contributed by atoms with van der Waals surface area (Å²) in [5, 5.41) is 2.12. The Hall–Kier alpha value is -1.81. The summed E-state index contributed by atoms with van der Waals surface area (Å²) in [7, 11) is 0. The number of amides is 1. The van der Waals surface area contributed by atoms with Crippen molar-refractivity contribution >= 4 is 22.9 Å². The molecule has 2 N–H and O–H groups in total. The van der Waals surface area contributed by atoms with Crippen LogP contribution in [0.4, 0.5) is 5.69 Å². The van der Waals surface area contributed by atoms with E-state index in [0.717, 1.165) is 29.7 Å². The predicted octanol–water partition coefficient (Wildman–Crippen LogP) is 3.71. The normalized spacial score (nSPS) is 17.7. The Balaban J connectivity index is 1.95. The van der Waals surface area contributed by atoms with Crippen molar-refractivity contribution in [3.05, 3.63) is 50.7 Å². The van der Waals surface area contributed by atoms with E-state index in [4.69, 9.17) is 5.73 Å². The van der Waals surface area contributed by atoms with E-state index in [1.807, 2.05) is 30.9 Å². The van der Waals surface area contributed by atoms with E-state index in [0.29, 0.717) is 5.69 Å². The van der Waals surface area contributed by atoms with Crippen LogP contribution >= 0.6 is 11.3 Å². The van der Waals surface area contributed by atoms with E-state index >= 15 is 0 Å². The molecule has 110 valence electrons. The fourth-order valence-electron chi connectivity index (χ4n) is 3.04. The van der Waals surface area contributed by atoms with Crippen molar-refractivity contribution in [2.75, 3.05) is 12.3 Å². The highest BCUT2D eigenvalue weighted by molar-refractivity contribution is 7.10. The van der Waals surface area contributed by atoms with Crippen molar-refractivity contribution in [1.29, 1.82) is 0 Å². The summed E-state index contributed by atoms with van der Waals surface area (Å²) in [4.78, 5) is 16.3. The van der Waals surface area contributed by atoms with Gasteiger partial charge < -0.3 is 10.6 Å². The van der Waals surface area contributed by atoms with Crippen LogP contribution in [0.5, 0.6) is 0 Å². The van der Waals surface area contributed by atoms with Crippen LogP contribution in [0.3, 0.4) is 0 Å². The molecule has 4 heteroatoms. The van der Waals surface area contributed by atoms with Crippen LogP contribution in [0.1, 0.15) is 44.9 Å². The number of fused-ring (bicyclic) bond motifs is 1. The third-order valence-corrected chi connectivity index (χ3v) is 5.38. The Morgan fingerprint density at radius 3 is 2.86 bits per heavy atom. The van der Waals surface area contributed by atoms with E-state index in [-0.39, 0.29) is 11.9 Å². The smallest absolute Gasteiger partial charge is 0.254 e. The number of nitrogens with zero attached hydrogens (tertiary/aromatic N) is 1. The van der Waals surface area contributed by atoms with Gasteiger partial charge in [0.15, 0.2) is 0 Å². The van der Waals surface area contributed by atoms with Crippen molar-refractivity contribution in [3.63, 3.8) is 0 Å². The summed E-state index contributed by atoms with van der Waals surface area (Å²) in [6, 6.07) is 6.09. The Morgan fingerprint density at radius 2 is 2.10 bits per heavy atom. The molecule has 1 atom stereocenters. The number of benzene rings is 1. The number of carbonyl (C=O) groups excluding carboxylic acids is 1. The van der Waals surface area contributed by atoms with Crippen molar-refractivity contribution in [2.45, 2.75) is 33.2 Å². The molecule has 21 heavy (non-hydrogen) atoms. The van der Waals surface area contributed by atoms with Crippen LogP contribution in [0, 0.1) is 13.8 Å². The summed E-state index contributed by atoms with van der Waals surface area (Å²) >= 11 is 1.79. The molecule has 0 saturated heterocycles. The van der Waals surface area contributed by atoms with E-state index in [9.17, 15) is 4.79 Å². The standard InChI is InChI=1S/C17H20N2OS/c1-10-8-11(2)15(18)9-14(10)17(20)19-6-4-16-13(12(19)3)5-7-21-16/h5,7-9,12H,4,6,18H2,1-3H3. The molecule has 1 aliphatic rings. The fourth-order valence-corrected chi connectivity index (χ4v) is 4.00. The first-order valence-corrected chi connectivity index (χ1v) is 8.11. The highest BCUT2D eigenvalue weighted by atomic mass is 32.1. The molecule has 0 saturated carbocycles. The molecular formula is C17H20N2OS. The third-order valence-electron chi connectivity index (χ3n) is 4.38. The van der Waals surface area contributed by atoms with Crippen molar-refractivity contribution < 1.29 is 4.79 Å². The number of aryl methyl sites for hydroxylation is 2. The van der Waals surface area contributed by atoms with Gasteiger partial charge in [0.05, 0.1) is 6.04 Å². The minimum atomic E-state index is 0.0866. The number of hydrogen-bond donors (Lipinski definition) is 1. The molecule has 0 bridgehead atoms. The fraction of sp³-hybridized carbons (Fsp3) is 0.353. The molecule has 1 aromatic carbocycles. The second kappa shape index (κ2) is 5.19. The second-order valence-electron chi connectivity index (χ2n) is 5.75. The molecule has 0 aliphatic carbocycles. The zero-order chi connectivity index (χ0) is 15.1. The van der Waals surface area contributed by atoms with E-state index in [1.165, 1.54) is 10.4 Å². The van der Waals surface area contributed by atoms with Crippen LogP contribution in [-0.2, 0) is 6.42 Å². The average molecular weight is 300 g/mol. The number of nitrogen functional groups attached to an aromatic ring is 1. The van der Waals surface area contributed by atoms with Gasteiger partial charge in [0.2, 0.25) is 0 Å². The lowest BCUT2D eigenvalue weighted by Crippen LogP contribution is -2.38. The summed E-state index contributed by atoms with van der Waals surface area (Å²) in [5.41, 5.74) is 10.7. The van der Waals surface area contributed by atoms with Crippen LogP contribution in [0.25, 0.3) is 0 Å². The molecule has 3 nitrogen and oxygen atoms in total. The van der Waals surface area contributed by atoms with E-state index in [1.54, 1.807) is 11.3 Å². The summed E-state index contributed by atoms with van der Waals surface area (Å²) in [6.07, 6.45) is 0.948. The van der Waals surface area contributed by atoms with Gasteiger partial charge in [-0.2, -0.15) is 0 Å². The Morgan fingerprint density at radius 1 is 1.33 bits per heavy atom. The van der Waals surface area contributed by atoms with Gasteiger partial charge in [0.1, 0.15) is 0 Å². The second-order valence-corrected chi connectivity index (χ2v) is 6.75. The topological polar surface area (TPSA) is 46.3 Å². The summed E-state index contributed by atoms with van der Waals surface area (Å²) < 4.78 is 0. The molecule has 1 aliphatic heterocycles. The van der Waals surface area contributed by atoms with Gasteiger partial charge >= 0.3 is 0 Å². The number of nitrogens with two attached hydrogens (primary N) is 1. The van der Waals surface area contributed by atoms with Crippen LogP contribution in [0.2, 0.25) is 0 Å². The first-order chi connectivity index (χ1) is 9.99. The van der Waals surface area contributed by atoms with Crippen molar-refractivity contribution in [2.24, 2.45) is 0 Å². The largest absolute Gasteiger partial charge is 0.398 e. The molecule has 1 aromatic heterocycles. The highest BCUT2D eigenvalue weighted by Crippen LogP contribution is 2.34. The Bertz CT molecular complexity index is 705. The third kappa shape index (κ3) is 2.33. The van der Waals surface area contributed by atoms with Crippen molar-refractivity contribution in [1.82, 2.24) is 4.90 Å².